The van der Waals surface area contributed by atoms with E-state index in [0.717, 1.165) is 25.8 Å². The van der Waals surface area contributed by atoms with Crippen molar-refractivity contribution in [3.8, 4) is 0 Å². The van der Waals surface area contributed by atoms with Gasteiger partial charge in [0.2, 0.25) is 0 Å². The lowest BCUT2D eigenvalue weighted by Crippen LogP contribution is -2.46. The zero-order valence-electron chi connectivity index (χ0n) is 11.4. The Balaban J connectivity index is 2.58. The monoisotopic (exact) mass is 254 g/mol. The minimum atomic E-state index is -0.468. The highest BCUT2D eigenvalue weighted by molar-refractivity contribution is 5.68. The summed E-state index contributed by atoms with van der Waals surface area (Å²) in [6.07, 6.45) is 3.54. The van der Waals surface area contributed by atoms with Gasteiger partial charge in [-0.1, -0.05) is 5.11 Å². The van der Waals surface area contributed by atoms with Crippen molar-refractivity contribution in [2.45, 2.75) is 58.1 Å². The highest BCUT2D eigenvalue weighted by Crippen LogP contribution is 2.22. The number of carbonyl (C=O) groups excluding carboxylic acids is 1. The van der Waals surface area contributed by atoms with E-state index in [1.54, 1.807) is 4.90 Å². The molecule has 0 saturated carbocycles. The maximum absolute atomic E-state index is 12.1. The molecule has 6 heteroatoms. The van der Waals surface area contributed by atoms with Gasteiger partial charge in [-0.15, -0.1) is 0 Å². The summed E-state index contributed by atoms with van der Waals surface area (Å²) in [5, 5.41) is 3.54. The van der Waals surface area contributed by atoms with Gasteiger partial charge in [-0.2, -0.15) is 0 Å². The molecule has 1 heterocycles. The zero-order chi connectivity index (χ0) is 13.6. The normalized spacial score (nSPS) is 20.2. The second kappa shape index (κ2) is 6.50. The average molecular weight is 254 g/mol. The fourth-order valence-electron chi connectivity index (χ4n) is 2.11. The lowest BCUT2D eigenvalue weighted by atomic mass is 10.00. The van der Waals surface area contributed by atoms with E-state index >= 15 is 0 Å². The first-order valence-corrected chi connectivity index (χ1v) is 6.44. The first-order valence-electron chi connectivity index (χ1n) is 6.44. The molecule has 0 aromatic carbocycles. The third-order valence-corrected chi connectivity index (χ3v) is 2.88. The van der Waals surface area contributed by atoms with E-state index in [1.165, 1.54) is 0 Å². The molecular weight excluding hydrogens is 232 g/mol. The van der Waals surface area contributed by atoms with Crippen molar-refractivity contribution in [1.29, 1.82) is 0 Å². The lowest BCUT2D eigenvalue weighted by molar-refractivity contribution is 0.00919. The number of hydrogen-bond acceptors (Lipinski definition) is 3. The van der Waals surface area contributed by atoms with Gasteiger partial charge in [-0.05, 0) is 52.0 Å². The summed E-state index contributed by atoms with van der Waals surface area (Å²) in [6, 6.07) is 0.138. The Hall–Kier alpha value is -1.42. The molecule has 1 unspecified atom stereocenters. The molecule has 0 bridgehead atoms. The summed E-state index contributed by atoms with van der Waals surface area (Å²) in [5.41, 5.74) is 7.81. The standard InChI is InChI=1S/C12H22N4O2/c1-12(2,3)18-11(17)16-9-5-4-6-10(16)7-8-14-15-13/h10H,4-9H2,1-3H3. The topological polar surface area (TPSA) is 78.3 Å². The predicted molar refractivity (Wildman–Crippen MR) is 69.2 cm³/mol. The molecule has 0 N–H and O–H groups in total. The summed E-state index contributed by atoms with van der Waals surface area (Å²) < 4.78 is 5.40. The third kappa shape index (κ3) is 4.84. The number of hydrogen-bond donors (Lipinski definition) is 0. The number of amides is 1. The Kier molecular flexibility index (Phi) is 5.28. The number of nitrogens with zero attached hydrogens (tertiary/aromatic N) is 4. The number of rotatable bonds is 3. The molecule has 1 aliphatic rings. The van der Waals surface area contributed by atoms with Gasteiger partial charge in [0, 0.05) is 24.0 Å². The summed E-state index contributed by atoms with van der Waals surface area (Å²) in [6.45, 7) is 6.76. The minimum Gasteiger partial charge on any atom is -0.444 e. The van der Waals surface area contributed by atoms with Crippen LogP contribution in [-0.2, 0) is 4.74 Å². The largest absolute Gasteiger partial charge is 0.444 e. The number of likely N-dealkylation sites (tertiary alicyclic amines) is 1. The summed E-state index contributed by atoms with van der Waals surface area (Å²) in [7, 11) is 0. The van der Waals surface area contributed by atoms with Crippen molar-refractivity contribution >= 4 is 6.09 Å². The van der Waals surface area contributed by atoms with E-state index in [4.69, 9.17) is 10.3 Å². The molecule has 6 nitrogen and oxygen atoms in total. The Morgan fingerprint density at radius 1 is 1.50 bits per heavy atom. The van der Waals surface area contributed by atoms with Crippen LogP contribution in [0.2, 0.25) is 0 Å². The van der Waals surface area contributed by atoms with Crippen LogP contribution < -0.4 is 0 Å². The number of piperidine rings is 1. The van der Waals surface area contributed by atoms with Crippen molar-refractivity contribution in [3.63, 3.8) is 0 Å². The highest BCUT2D eigenvalue weighted by atomic mass is 16.6. The maximum Gasteiger partial charge on any atom is 0.410 e. The predicted octanol–water partition coefficient (Wildman–Crippen LogP) is 3.48. The molecule has 0 aliphatic carbocycles. The molecule has 1 amide bonds. The zero-order valence-corrected chi connectivity index (χ0v) is 11.4. The molecule has 102 valence electrons. The Labute approximate surface area is 108 Å². The third-order valence-electron chi connectivity index (χ3n) is 2.88. The van der Waals surface area contributed by atoms with Crippen molar-refractivity contribution in [2.24, 2.45) is 5.11 Å². The molecule has 0 radical (unpaired) electrons. The van der Waals surface area contributed by atoms with E-state index in [0.29, 0.717) is 13.0 Å². The van der Waals surface area contributed by atoms with Gasteiger partial charge in [0.25, 0.3) is 0 Å². The molecule has 1 saturated heterocycles. The van der Waals surface area contributed by atoms with Crippen LogP contribution in [0.25, 0.3) is 10.4 Å². The molecule has 0 aromatic rings. The smallest absolute Gasteiger partial charge is 0.410 e. The second-order valence-corrected chi connectivity index (χ2v) is 5.57. The fourth-order valence-corrected chi connectivity index (χ4v) is 2.11. The average Bonchev–Trinajstić information content (AvgIpc) is 2.27. The Morgan fingerprint density at radius 2 is 2.22 bits per heavy atom. The van der Waals surface area contributed by atoms with E-state index in [2.05, 4.69) is 10.0 Å². The van der Waals surface area contributed by atoms with Gasteiger partial charge in [0.05, 0.1) is 0 Å². The van der Waals surface area contributed by atoms with Crippen molar-refractivity contribution < 1.29 is 9.53 Å². The molecule has 1 atom stereocenters. The summed E-state index contributed by atoms with van der Waals surface area (Å²) >= 11 is 0. The quantitative estimate of drug-likeness (QED) is 0.439. The van der Waals surface area contributed by atoms with Crippen molar-refractivity contribution in [1.82, 2.24) is 4.90 Å². The number of azide groups is 1. The molecule has 1 fully saturated rings. The van der Waals surface area contributed by atoms with Crippen LogP contribution in [0.5, 0.6) is 0 Å². The van der Waals surface area contributed by atoms with Crippen LogP contribution in [0, 0.1) is 0 Å². The van der Waals surface area contributed by atoms with Gasteiger partial charge in [-0.25, -0.2) is 4.79 Å². The molecule has 18 heavy (non-hydrogen) atoms. The van der Waals surface area contributed by atoms with Crippen LogP contribution in [-0.4, -0.2) is 35.7 Å². The first-order chi connectivity index (χ1) is 8.44. The molecule has 0 spiro atoms. The van der Waals surface area contributed by atoms with Crippen LogP contribution in [0.15, 0.2) is 5.11 Å². The molecule has 0 aromatic heterocycles. The van der Waals surface area contributed by atoms with E-state index < -0.39 is 5.60 Å². The lowest BCUT2D eigenvalue weighted by Gasteiger charge is -2.36. The fraction of sp³-hybridized carbons (Fsp3) is 0.917. The Bertz CT molecular complexity index is 331. The van der Waals surface area contributed by atoms with Gasteiger partial charge in [-0.3, -0.25) is 0 Å². The van der Waals surface area contributed by atoms with E-state index in [-0.39, 0.29) is 12.1 Å². The highest BCUT2D eigenvalue weighted by Gasteiger charge is 2.29. The second-order valence-electron chi connectivity index (χ2n) is 5.57. The SMILES string of the molecule is CC(C)(C)OC(=O)N1CCCCC1CCN=[N+]=[N-]. The molecular formula is C12H22N4O2. The van der Waals surface area contributed by atoms with Crippen molar-refractivity contribution in [2.75, 3.05) is 13.1 Å². The van der Waals surface area contributed by atoms with Gasteiger partial charge in [0.15, 0.2) is 0 Å². The van der Waals surface area contributed by atoms with E-state index in [9.17, 15) is 4.79 Å². The molecule has 1 aliphatic heterocycles. The summed E-state index contributed by atoms with van der Waals surface area (Å²) in [5.74, 6) is 0. The van der Waals surface area contributed by atoms with Crippen LogP contribution in [0.3, 0.4) is 0 Å². The van der Waals surface area contributed by atoms with Crippen LogP contribution in [0.4, 0.5) is 4.79 Å². The maximum atomic E-state index is 12.1. The Morgan fingerprint density at radius 3 is 2.83 bits per heavy atom. The van der Waals surface area contributed by atoms with Crippen LogP contribution >= 0.6 is 0 Å². The first kappa shape index (κ1) is 14.6. The van der Waals surface area contributed by atoms with E-state index in [1.807, 2.05) is 20.8 Å². The number of carbonyl (C=O) groups is 1. The van der Waals surface area contributed by atoms with Gasteiger partial charge >= 0.3 is 6.09 Å². The van der Waals surface area contributed by atoms with Gasteiger partial charge < -0.3 is 9.64 Å². The van der Waals surface area contributed by atoms with Gasteiger partial charge in [0.1, 0.15) is 5.60 Å². The number of ether oxygens (including phenoxy) is 1. The van der Waals surface area contributed by atoms with Crippen LogP contribution in [0.1, 0.15) is 46.5 Å². The van der Waals surface area contributed by atoms with Crippen molar-refractivity contribution in [3.05, 3.63) is 10.4 Å². The molecule has 1 rings (SSSR count). The minimum absolute atomic E-state index is 0.138. The summed E-state index contributed by atoms with van der Waals surface area (Å²) in [4.78, 5) is 16.6.